The van der Waals surface area contributed by atoms with Crippen LogP contribution in [-0.2, 0) is 4.74 Å². The second-order valence-electron chi connectivity index (χ2n) is 6.81. The van der Waals surface area contributed by atoms with Crippen molar-refractivity contribution < 1.29 is 4.74 Å². The SMILES string of the molecule is Cl.Clc1cc2c(cn1)c(N1CC3CC(C1)N3)nn2C1CCCCO1. The van der Waals surface area contributed by atoms with Gasteiger partial charge in [0.15, 0.2) is 12.0 Å². The molecule has 4 aliphatic heterocycles. The van der Waals surface area contributed by atoms with E-state index in [-0.39, 0.29) is 18.6 Å². The van der Waals surface area contributed by atoms with Crippen molar-refractivity contribution >= 4 is 40.7 Å². The number of halogens is 2. The Bertz CT molecular complexity index is 729. The molecule has 4 saturated heterocycles. The van der Waals surface area contributed by atoms with Crippen LogP contribution in [0.15, 0.2) is 12.3 Å². The largest absolute Gasteiger partial charge is 0.356 e. The summed E-state index contributed by atoms with van der Waals surface area (Å²) in [6, 6.07) is 3.11. The summed E-state index contributed by atoms with van der Waals surface area (Å²) in [5.74, 6) is 1.02. The van der Waals surface area contributed by atoms with Crippen LogP contribution in [-0.4, -0.2) is 46.5 Å². The lowest BCUT2D eigenvalue weighted by atomic mass is 9.91. The molecule has 1 N–H and O–H groups in total. The van der Waals surface area contributed by atoms with Gasteiger partial charge in [-0.05, 0) is 25.7 Å². The Hall–Kier alpha value is -1.08. The van der Waals surface area contributed by atoms with Crippen LogP contribution in [0.25, 0.3) is 10.9 Å². The number of fused-ring (bicyclic) bond motifs is 3. The Morgan fingerprint density at radius 2 is 2.04 bits per heavy atom. The zero-order valence-corrected chi connectivity index (χ0v) is 14.9. The van der Waals surface area contributed by atoms with Gasteiger partial charge in [0.1, 0.15) is 5.15 Å². The van der Waals surface area contributed by atoms with E-state index in [1.165, 1.54) is 12.8 Å². The molecule has 6 nitrogen and oxygen atoms in total. The van der Waals surface area contributed by atoms with Gasteiger partial charge < -0.3 is 15.0 Å². The van der Waals surface area contributed by atoms with Gasteiger partial charge in [-0.1, -0.05) is 11.6 Å². The highest BCUT2D eigenvalue weighted by molar-refractivity contribution is 6.30. The van der Waals surface area contributed by atoms with E-state index in [9.17, 15) is 0 Å². The number of pyridine rings is 1. The molecule has 0 amide bonds. The molecule has 2 aromatic rings. The molecule has 130 valence electrons. The molecule has 2 aromatic heterocycles. The Balaban J connectivity index is 0.00000146. The van der Waals surface area contributed by atoms with Crippen molar-refractivity contribution in [3.05, 3.63) is 17.4 Å². The first-order valence-corrected chi connectivity index (χ1v) is 8.82. The fourth-order valence-corrected chi connectivity index (χ4v) is 4.20. The predicted octanol–water partition coefficient (Wildman–Crippen LogP) is 2.76. The first kappa shape index (κ1) is 16.4. The number of rotatable bonds is 2. The van der Waals surface area contributed by atoms with Crippen LogP contribution in [0.2, 0.25) is 5.15 Å². The van der Waals surface area contributed by atoms with Crippen molar-refractivity contribution in [3.63, 3.8) is 0 Å². The molecule has 0 saturated carbocycles. The first-order valence-electron chi connectivity index (χ1n) is 8.44. The van der Waals surface area contributed by atoms with Crippen LogP contribution in [0.1, 0.15) is 31.9 Å². The highest BCUT2D eigenvalue weighted by atomic mass is 35.5. The monoisotopic (exact) mass is 369 g/mol. The van der Waals surface area contributed by atoms with Crippen LogP contribution >= 0.6 is 24.0 Å². The lowest BCUT2D eigenvalue weighted by Crippen LogP contribution is -2.67. The van der Waals surface area contributed by atoms with E-state index in [4.69, 9.17) is 21.4 Å². The van der Waals surface area contributed by atoms with Crippen molar-refractivity contribution in [1.82, 2.24) is 20.1 Å². The van der Waals surface area contributed by atoms with E-state index < -0.39 is 0 Å². The van der Waals surface area contributed by atoms with E-state index in [2.05, 4.69) is 15.2 Å². The van der Waals surface area contributed by atoms with E-state index in [0.29, 0.717) is 17.2 Å². The zero-order chi connectivity index (χ0) is 15.4. The molecular formula is C16H21Cl2N5O. The standard InChI is InChI=1S/C16H20ClN5O.ClH/c17-14-6-13-12(7-18-14)16(21-8-10-5-11(9-21)19-10)20-22(13)15-3-1-2-4-23-15;/h6-7,10-11,15,19H,1-5,8-9H2;1H. The third-order valence-corrected chi connectivity index (χ3v) is 5.40. The third kappa shape index (κ3) is 2.65. The summed E-state index contributed by atoms with van der Waals surface area (Å²) in [6.07, 6.45) is 6.46. The van der Waals surface area contributed by atoms with Crippen molar-refractivity contribution in [2.45, 2.75) is 44.0 Å². The molecular weight excluding hydrogens is 349 g/mol. The number of nitrogens with one attached hydrogen (secondary N) is 1. The Kier molecular flexibility index (Phi) is 4.33. The van der Waals surface area contributed by atoms with Crippen LogP contribution in [0.5, 0.6) is 0 Å². The van der Waals surface area contributed by atoms with E-state index in [1.54, 1.807) is 0 Å². The lowest BCUT2D eigenvalue weighted by molar-refractivity contribution is -0.0365. The summed E-state index contributed by atoms with van der Waals surface area (Å²) >= 11 is 6.14. The zero-order valence-electron chi connectivity index (χ0n) is 13.3. The maximum absolute atomic E-state index is 6.14. The van der Waals surface area contributed by atoms with E-state index in [1.807, 2.05) is 16.9 Å². The molecule has 8 heteroatoms. The van der Waals surface area contributed by atoms with Crippen LogP contribution < -0.4 is 10.2 Å². The maximum Gasteiger partial charge on any atom is 0.160 e. The summed E-state index contributed by atoms with van der Waals surface area (Å²) in [6.45, 7) is 2.82. The third-order valence-electron chi connectivity index (χ3n) is 5.19. The topological polar surface area (TPSA) is 55.2 Å². The van der Waals surface area contributed by atoms with Gasteiger partial charge in [0.25, 0.3) is 0 Å². The number of piperazine rings is 1. The van der Waals surface area contributed by atoms with Crippen molar-refractivity contribution in [1.29, 1.82) is 0 Å². The Labute approximate surface area is 151 Å². The first-order chi connectivity index (χ1) is 11.3. The van der Waals surface area contributed by atoms with Crippen LogP contribution in [0.3, 0.4) is 0 Å². The van der Waals surface area contributed by atoms with Gasteiger partial charge in [0.2, 0.25) is 0 Å². The molecule has 0 aromatic carbocycles. The lowest BCUT2D eigenvalue weighted by Gasteiger charge is -2.48. The molecule has 0 spiro atoms. The number of hydrogen-bond donors (Lipinski definition) is 1. The Morgan fingerprint density at radius 1 is 1.25 bits per heavy atom. The summed E-state index contributed by atoms with van der Waals surface area (Å²) in [7, 11) is 0. The summed E-state index contributed by atoms with van der Waals surface area (Å²) < 4.78 is 7.97. The minimum absolute atomic E-state index is 0. The quantitative estimate of drug-likeness (QED) is 0.824. The predicted molar refractivity (Wildman–Crippen MR) is 96.2 cm³/mol. The average molecular weight is 370 g/mol. The second-order valence-corrected chi connectivity index (χ2v) is 7.20. The fraction of sp³-hybridized carbons (Fsp3) is 0.625. The normalized spacial score (nSPS) is 29.2. The molecule has 4 fully saturated rings. The molecule has 4 aliphatic rings. The molecule has 3 atom stereocenters. The molecule has 3 unspecified atom stereocenters. The average Bonchev–Trinajstić information content (AvgIpc) is 2.94. The highest BCUT2D eigenvalue weighted by Gasteiger charge is 2.38. The number of nitrogens with zero attached hydrogens (tertiary/aromatic N) is 4. The number of hydrogen-bond acceptors (Lipinski definition) is 5. The minimum atomic E-state index is 0. The van der Waals surface area contributed by atoms with Gasteiger partial charge in [-0.3, -0.25) is 0 Å². The van der Waals surface area contributed by atoms with Crippen molar-refractivity contribution in [3.8, 4) is 0 Å². The van der Waals surface area contributed by atoms with Crippen molar-refractivity contribution in [2.24, 2.45) is 0 Å². The minimum Gasteiger partial charge on any atom is -0.356 e. The molecule has 0 aliphatic carbocycles. The number of piperidine rings is 1. The summed E-state index contributed by atoms with van der Waals surface area (Å²) in [5.41, 5.74) is 1.03. The van der Waals surface area contributed by atoms with Gasteiger partial charge >= 0.3 is 0 Å². The van der Waals surface area contributed by atoms with E-state index in [0.717, 1.165) is 49.3 Å². The summed E-state index contributed by atoms with van der Waals surface area (Å²) in [4.78, 5) is 6.66. The number of anilines is 1. The fourth-order valence-electron chi connectivity index (χ4n) is 4.05. The van der Waals surface area contributed by atoms with Gasteiger partial charge in [0, 0.05) is 44.0 Å². The van der Waals surface area contributed by atoms with Gasteiger partial charge in [-0.25, -0.2) is 9.67 Å². The molecule has 6 rings (SSSR count). The molecule has 6 heterocycles. The highest BCUT2D eigenvalue weighted by Crippen LogP contribution is 2.35. The van der Waals surface area contributed by atoms with Crippen LogP contribution in [0, 0.1) is 0 Å². The van der Waals surface area contributed by atoms with E-state index >= 15 is 0 Å². The second kappa shape index (κ2) is 6.33. The van der Waals surface area contributed by atoms with Gasteiger partial charge in [-0.15, -0.1) is 12.4 Å². The molecule has 2 bridgehead atoms. The molecule has 24 heavy (non-hydrogen) atoms. The molecule has 0 radical (unpaired) electrons. The number of aromatic nitrogens is 3. The van der Waals surface area contributed by atoms with Gasteiger partial charge in [0.05, 0.1) is 10.9 Å². The Morgan fingerprint density at radius 3 is 2.75 bits per heavy atom. The smallest absolute Gasteiger partial charge is 0.160 e. The van der Waals surface area contributed by atoms with Crippen molar-refractivity contribution in [2.75, 3.05) is 24.6 Å². The maximum atomic E-state index is 6.14. The summed E-state index contributed by atoms with van der Waals surface area (Å²) in [5, 5.41) is 10.1. The number of ether oxygens (including phenoxy) is 1. The van der Waals surface area contributed by atoms with Gasteiger partial charge in [-0.2, -0.15) is 5.10 Å². The van der Waals surface area contributed by atoms with Crippen LogP contribution in [0.4, 0.5) is 5.82 Å².